The maximum Gasteiger partial charge on any atom is 0.00964 e. The molecule has 0 heteroatoms. The molecule has 0 amide bonds. The van der Waals surface area contributed by atoms with Crippen LogP contribution in [0.25, 0.3) is 0 Å². The Labute approximate surface area is 144 Å². The fourth-order valence-corrected chi connectivity index (χ4v) is 6.74. The van der Waals surface area contributed by atoms with Crippen molar-refractivity contribution in [2.45, 2.75) is 73.1 Å². The fraction of sp³-hybridized carbons (Fsp3) is 0.739. The summed E-state index contributed by atoms with van der Waals surface area (Å²) in [5.74, 6) is 2.68. The van der Waals surface area contributed by atoms with E-state index < -0.39 is 0 Å². The Kier molecular flexibility index (Phi) is 4.18. The van der Waals surface area contributed by atoms with Gasteiger partial charge >= 0.3 is 0 Å². The first-order valence-corrected chi connectivity index (χ1v) is 9.76. The zero-order valence-electron chi connectivity index (χ0n) is 16.0. The van der Waals surface area contributed by atoms with Crippen molar-refractivity contribution < 1.29 is 0 Å². The highest BCUT2D eigenvalue weighted by Gasteiger charge is 2.60. The molecule has 0 aromatic carbocycles. The zero-order chi connectivity index (χ0) is 16.9. The zero-order valence-corrected chi connectivity index (χ0v) is 16.0. The first-order chi connectivity index (χ1) is 10.8. The molecule has 0 heterocycles. The van der Waals surface area contributed by atoms with Crippen molar-refractivity contribution in [3.05, 3.63) is 36.5 Å². The van der Waals surface area contributed by atoms with E-state index in [1.54, 1.807) is 5.57 Å². The minimum absolute atomic E-state index is 0.250. The predicted molar refractivity (Wildman–Crippen MR) is 101 cm³/mol. The molecule has 0 saturated heterocycles. The Bertz CT molecular complexity index is 534. The van der Waals surface area contributed by atoms with Crippen molar-refractivity contribution in [2.24, 2.45) is 34.0 Å². The molecule has 5 atom stereocenters. The average Bonchev–Trinajstić information content (AvgIpc) is 2.73. The Morgan fingerprint density at radius 2 is 1.70 bits per heavy atom. The van der Waals surface area contributed by atoms with Gasteiger partial charge in [-0.05, 0) is 74.0 Å². The van der Waals surface area contributed by atoms with E-state index in [4.69, 9.17) is 0 Å². The molecule has 0 nitrogen and oxygen atoms in total. The van der Waals surface area contributed by atoms with E-state index in [-0.39, 0.29) is 5.41 Å². The third kappa shape index (κ3) is 2.31. The van der Waals surface area contributed by atoms with Gasteiger partial charge in [-0.25, -0.2) is 0 Å². The minimum Gasteiger partial charge on any atom is -0.0991 e. The van der Waals surface area contributed by atoms with Crippen LogP contribution in [0.5, 0.6) is 0 Å². The van der Waals surface area contributed by atoms with Gasteiger partial charge in [0.05, 0.1) is 0 Å². The number of allylic oxidation sites excluding steroid dienone is 5. The lowest BCUT2D eigenvalue weighted by atomic mass is 9.47. The normalized spacial score (nSPS) is 47.5. The summed E-state index contributed by atoms with van der Waals surface area (Å²) in [6.07, 6.45) is 17.5. The summed E-state index contributed by atoms with van der Waals surface area (Å²) in [6.45, 7) is 16.3. The van der Waals surface area contributed by atoms with Gasteiger partial charge in [0.2, 0.25) is 0 Å². The number of rotatable bonds is 2. The van der Waals surface area contributed by atoms with Crippen LogP contribution >= 0.6 is 0 Å². The molecule has 128 valence electrons. The van der Waals surface area contributed by atoms with Gasteiger partial charge in [0.1, 0.15) is 0 Å². The molecule has 3 saturated carbocycles. The summed E-state index contributed by atoms with van der Waals surface area (Å²) in [5, 5.41) is 0. The standard InChI is InChI=1S/C23H36/c1-7-9-17-10-11-18-19(22(17,5)14-8-2)13-16-23(6)20(18)12-15-21(23,3)4/h7-9,14,18-20H,1,10-13,15-16H2,2-6H3/b14-8-,17-9-. The van der Waals surface area contributed by atoms with Crippen molar-refractivity contribution >= 4 is 0 Å². The maximum absolute atomic E-state index is 3.97. The third-order valence-electron chi connectivity index (χ3n) is 8.49. The molecule has 0 radical (unpaired) electrons. The van der Waals surface area contributed by atoms with Gasteiger partial charge in [-0.15, -0.1) is 0 Å². The first-order valence-electron chi connectivity index (χ1n) is 9.76. The molecule has 0 bridgehead atoms. The quantitative estimate of drug-likeness (QED) is 0.484. The summed E-state index contributed by atoms with van der Waals surface area (Å²) < 4.78 is 0. The van der Waals surface area contributed by atoms with Crippen LogP contribution in [-0.4, -0.2) is 0 Å². The van der Waals surface area contributed by atoms with Gasteiger partial charge in [0.25, 0.3) is 0 Å². The van der Waals surface area contributed by atoms with Crippen LogP contribution in [0.1, 0.15) is 73.1 Å². The molecule has 0 N–H and O–H groups in total. The Morgan fingerprint density at radius 3 is 2.35 bits per heavy atom. The lowest BCUT2D eigenvalue weighted by Gasteiger charge is -2.58. The van der Waals surface area contributed by atoms with Crippen LogP contribution in [0.2, 0.25) is 0 Å². The summed E-state index contributed by atoms with van der Waals surface area (Å²) in [5.41, 5.74) is 2.95. The second kappa shape index (κ2) is 5.64. The van der Waals surface area contributed by atoms with Crippen LogP contribution in [-0.2, 0) is 0 Å². The Hall–Kier alpha value is -0.780. The Morgan fingerprint density at radius 1 is 1.00 bits per heavy atom. The highest BCUT2D eigenvalue weighted by Crippen LogP contribution is 2.68. The minimum atomic E-state index is 0.250. The molecule has 5 unspecified atom stereocenters. The molecule has 3 rings (SSSR count). The highest BCUT2D eigenvalue weighted by molar-refractivity contribution is 5.30. The lowest BCUT2D eigenvalue weighted by molar-refractivity contribution is -0.0561. The van der Waals surface area contributed by atoms with E-state index in [1.165, 1.54) is 38.5 Å². The van der Waals surface area contributed by atoms with Crippen molar-refractivity contribution in [2.75, 3.05) is 0 Å². The van der Waals surface area contributed by atoms with Gasteiger partial charge in [-0.1, -0.05) is 64.2 Å². The largest absolute Gasteiger partial charge is 0.0991 e. The molecular formula is C23H36. The maximum atomic E-state index is 3.97. The number of fused-ring (bicyclic) bond motifs is 3. The van der Waals surface area contributed by atoms with Crippen molar-refractivity contribution in [3.8, 4) is 0 Å². The summed E-state index contributed by atoms with van der Waals surface area (Å²) in [7, 11) is 0. The van der Waals surface area contributed by atoms with Crippen LogP contribution in [0.3, 0.4) is 0 Å². The smallest absolute Gasteiger partial charge is 0.00964 e. The molecular weight excluding hydrogens is 276 g/mol. The molecule has 3 aliphatic carbocycles. The van der Waals surface area contributed by atoms with Crippen molar-refractivity contribution in [3.63, 3.8) is 0 Å². The summed E-state index contributed by atoms with van der Waals surface area (Å²) in [6, 6.07) is 0. The second-order valence-corrected chi connectivity index (χ2v) is 9.50. The summed E-state index contributed by atoms with van der Waals surface area (Å²) in [4.78, 5) is 0. The third-order valence-corrected chi connectivity index (χ3v) is 8.49. The van der Waals surface area contributed by atoms with Gasteiger partial charge < -0.3 is 0 Å². The summed E-state index contributed by atoms with van der Waals surface area (Å²) >= 11 is 0. The van der Waals surface area contributed by atoms with E-state index in [0.29, 0.717) is 10.8 Å². The van der Waals surface area contributed by atoms with E-state index >= 15 is 0 Å². The fourth-order valence-electron chi connectivity index (χ4n) is 6.74. The van der Waals surface area contributed by atoms with Crippen LogP contribution in [0, 0.1) is 34.0 Å². The van der Waals surface area contributed by atoms with Crippen molar-refractivity contribution in [1.29, 1.82) is 0 Å². The molecule has 0 spiro atoms. The van der Waals surface area contributed by atoms with E-state index in [1.807, 2.05) is 6.08 Å². The lowest BCUT2D eigenvalue weighted by Crippen LogP contribution is -2.50. The van der Waals surface area contributed by atoms with Gasteiger partial charge in [0, 0.05) is 5.41 Å². The van der Waals surface area contributed by atoms with Crippen molar-refractivity contribution in [1.82, 2.24) is 0 Å². The topological polar surface area (TPSA) is 0 Å². The van der Waals surface area contributed by atoms with E-state index in [2.05, 4.69) is 59.4 Å². The number of hydrogen-bond donors (Lipinski definition) is 0. The van der Waals surface area contributed by atoms with Gasteiger partial charge in [-0.3, -0.25) is 0 Å². The Balaban J connectivity index is 1.99. The van der Waals surface area contributed by atoms with Crippen LogP contribution < -0.4 is 0 Å². The SMILES string of the molecule is C=C/C=C1/CCC2C(CCC3(C)C2CCC3(C)C)C1(C)/C=C\C. The van der Waals surface area contributed by atoms with Gasteiger partial charge in [-0.2, -0.15) is 0 Å². The molecule has 0 aliphatic heterocycles. The van der Waals surface area contributed by atoms with Gasteiger partial charge in [0.15, 0.2) is 0 Å². The number of hydrogen-bond acceptors (Lipinski definition) is 0. The highest BCUT2D eigenvalue weighted by atomic mass is 14.6. The average molecular weight is 313 g/mol. The molecule has 3 aliphatic rings. The molecule has 0 aromatic rings. The molecule has 3 fully saturated rings. The first kappa shape index (κ1) is 17.1. The molecule has 23 heavy (non-hydrogen) atoms. The second-order valence-electron chi connectivity index (χ2n) is 9.50. The van der Waals surface area contributed by atoms with Crippen LogP contribution in [0.15, 0.2) is 36.5 Å². The van der Waals surface area contributed by atoms with E-state index in [9.17, 15) is 0 Å². The predicted octanol–water partition coefficient (Wildman–Crippen LogP) is 6.94. The monoisotopic (exact) mass is 312 g/mol. The molecule has 0 aromatic heterocycles. The van der Waals surface area contributed by atoms with E-state index in [0.717, 1.165) is 17.8 Å². The van der Waals surface area contributed by atoms with Crippen LogP contribution in [0.4, 0.5) is 0 Å².